The van der Waals surface area contributed by atoms with Crippen molar-refractivity contribution in [2.45, 2.75) is 391 Å². The molecule has 3 N–H and O–H groups in total. The molecule has 12 nitrogen and oxygen atoms in total. The van der Waals surface area contributed by atoms with Crippen molar-refractivity contribution in [3.8, 4) is 0 Å². The summed E-state index contributed by atoms with van der Waals surface area (Å²) in [5.41, 5.74) is 0. The first-order valence-electron chi connectivity index (χ1n) is 36.0. The van der Waals surface area contributed by atoms with Crippen LogP contribution in [-0.2, 0) is 42.9 Å². The van der Waals surface area contributed by atoms with Crippen LogP contribution in [0.1, 0.15) is 355 Å². The second kappa shape index (κ2) is 61.2. The van der Waals surface area contributed by atoms with Crippen LogP contribution in [0.4, 0.5) is 0 Å². The molecule has 0 aliphatic carbocycles. The molecule has 0 bridgehead atoms. The van der Waals surface area contributed by atoms with Gasteiger partial charge in [-0.25, -0.2) is 4.79 Å². The zero-order valence-corrected chi connectivity index (χ0v) is 55.1. The van der Waals surface area contributed by atoms with Gasteiger partial charge >= 0.3 is 23.9 Å². The number of carboxylic acid groups (broad SMARTS) is 1. The molecule has 0 amide bonds. The second-order valence-electron chi connectivity index (χ2n) is 24.9. The standard InChI is InChI=1S/C73H132O12/c1-4-7-10-13-16-19-22-25-28-31-33-36-38-41-44-47-50-53-56-59-65(74)81-62-64(83-66(75)60-57-54-51-48-45-42-39-35-30-27-24-21-18-15-12-9-6-3)63-82-73-71(69(78)68(77)70(85-73)72(79)80)84-67(76)61-58-55-52-49-46-43-40-37-34-32-29-26-23-20-17-14-11-8-5-2/h16,19,25,27-28,30,64,68-71,73,77-78H,4-15,17-18,20-24,26,29,31-63H2,1-3H3,(H,79,80)/b19-16-,28-25-,30-27-. The summed E-state index contributed by atoms with van der Waals surface area (Å²) in [6.45, 7) is 6.04. The fourth-order valence-electron chi connectivity index (χ4n) is 11.2. The van der Waals surface area contributed by atoms with Crippen LogP contribution in [0.15, 0.2) is 36.5 Å². The lowest BCUT2D eigenvalue weighted by molar-refractivity contribution is -0.301. The van der Waals surface area contributed by atoms with E-state index in [1.165, 1.54) is 212 Å². The van der Waals surface area contributed by atoms with Gasteiger partial charge in [-0.15, -0.1) is 0 Å². The number of allylic oxidation sites excluding steroid dienone is 6. The summed E-state index contributed by atoms with van der Waals surface area (Å²) >= 11 is 0. The van der Waals surface area contributed by atoms with Crippen molar-refractivity contribution in [2.75, 3.05) is 13.2 Å². The first-order valence-corrected chi connectivity index (χ1v) is 36.0. The third-order valence-corrected chi connectivity index (χ3v) is 16.7. The van der Waals surface area contributed by atoms with Gasteiger partial charge in [0.15, 0.2) is 24.6 Å². The maximum absolute atomic E-state index is 13.2. The van der Waals surface area contributed by atoms with Crippen molar-refractivity contribution in [2.24, 2.45) is 0 Å². The van der Waals surface area contributed by atoms with E-state index in [1.54, 1.807) is 0 Å². The predicted molar refractivity (Wildman–Crippen MR) is 350 cm³/mol. The largest absolute Gasteiger partial charge is 0.479 e. The molecule has 0 saturated carbocycles. The van der Waals surface area contributed by atoms with Gasteiger partial charge < -0.3 is 39.0 Å². The van der Waals surface area contributed by atoms with Crippen molar-refractivity contribution in [1.82, 2.24) is 0 Å². The zero-order valence-electron chi connectivity index (χ0n) is 55.1. The Morgan fingerprint density at radius 3 is 1.09 bits per heavy atom. The van der Waals surface area contributed by atoms with Crippen molar-refractivity contribution in [3.05, 3.63) is 36.5 Å². The molecule has 0 aromatic rings. The van der Waals surface area contributed by atoms with E-state index < -0.39 is 67.3 Å². The Hall–Kier alpha value is -3.06. The van der Waals surface area contributed by atoms with E-state index >= 15 is 0 Å². The maximum Gasteiger partial charge on any atom is 0.335 e. The van der Waals surface area contributed by atoms with E-state index in [4.69, 9.17) is 23.7 Å². The van der Waals surface area contributed by atoms with Gasteiger partial charge in [-0.2, -0.15) is 0 Å². The van der Waals surface area contributed by atoms with Gasteiger partial charge in [0, 0.05) is 19.3 Å². The Morgan fingerprint density at radius 1 is 0.388 bits per heavy atom. The van der Waals surface area contributed by atoms with Crippen molar-refractivity contribution >= 4 is 23.9 Å². The van der Waals surface area contributed by atoms with Gasteiger partial charge in [0.05, 0.1) is 6.61 Å². The number of rotatable bonds is 63. The molecule has 0 radical (unpaired) electrons. The first kappa shape index (κ1) is 80.0. The molecule has 1 rings (SSSR count). The number of hydrogen-bond donors (Lipinski definition) is 3. The lowest BCUT2D eigenvalue weighted by atomic mass is 9.98. The zero-order chi connectivity index (χ0) is 61.7. The Labute approximate surface area is 521 Å². The summed E-state index contributed by atoms with van der Waals surface area (Å²) < 4.78 is 28.7. The molecule has 1 saturated heterocycles. The van der Waals surface area contributed by atoms with Gasteiger partial charge in [-0.1, -0.05) is 295 Å². The number of carbonyl (C=O) groups is 4. The van der Waals surface area contributed by atoms with E-state index in [0.29, 0.717) is 19.3 Å². The van der Waals surface area contributed by atoms with E-state index in [0.717, 1.165) is 83.5 Å². The minimum absolute atomic E-state index is 0.0662. The number of carboxylic acids is 1. The summed E-state index contributed by atoms with van der Waals surface area (Å²) in [5.74, 6) is -3.09. The van der Waals surface area contributed by atoms with Crippen molar-refractivity contribution in [3.63, 3.8) is 0 Å². The van der Waals surface area contributed by atoms with E-state index in [1.807, 2.05) is 0 Å². The Morgan fingerprint density at radius 2 is 0.706 bits per heavy atom. The molecule has 1 aliphatic rings. The van der Waals surface area contributed by atoms with Gasteiger partial charge in [0.1, 0.15) is 18.8 Å². The molecule has 1 fully saturated rings. The lowest BCUT2D eigenvalue weighted by Crippen LogP contribution is -2.61. The monoisotopic (exact) mass is 1200 g/mol. The third-order valence-electron chi connectivity index (χ3n) is 16.7. The van der Waals surface area contributed by atoms with E-state index in [-0.39, 0.29) is 25.9 Å². The highest BCUT2D eigenvalue weighted by atomic mass is 16.7. The van der Waals surface area contributed by atoms with Crippen molar-refractivity contribution in [1.29, 1.82) is 0 Å². The van der Waals surface area contributed by atoms with E-state index in [2.05, 4.69) is 57.2 Å². The van der Waals surface area contributed by atoms with Crippen LogP contribution in [0.5, 0.6) is 0 Å². The Bertz CT molecular complexity index is 1610. The number of aliphatic hydroxyl groups is 2. The SMILES string of the molecule is CCCCC/C=C\C/C=C\CCCCCCCCCCCC(=O)OCC(COC1OC(C(=O)O)C(O)C(O)C1OC(=O)CCCCCCCCCCCCCCCCCCCCC)OC(=O)CCCCCCCCC/C=C\CCCCCCCC. The number of hydrogen-bond acceptors (Lipinski definition) is 11. The smallest absolute Gasteiger partial charge is 0.335 e. The molecular weight excluding hydrogens is 1070 g/mol. The quantitative estimate of drug-likeness (QED) is 0.0228. The number of unbranched alkanes of at least 4 members (excludes halogenated alkanes) is 43. The van der Waals surface area contributed by atoms with Gasteiger partial charge in [-0.3, -0.25) is 14.4 Å². The lowest BCUT2D eigenvalue weighted by Gasteiger charge is -2.40. The molecule has 1 heterocycles. The number of aliphatic hydroxyl groups excluding tert-OH is 2. The van der Waals surface area contributed by atoms with Crippen molar-refractivity contribution < 1.29 is 58.2 Å². The highest BCUT2D eigenvalue weighted by molar-refractivity contribution is 5.74. The van der Waals surface area contributed by atoms with Crippen LogP contribution in [-0.4, -0.2) is 89.2 Å². The molecule has 0 spiro atoms. The fourth-order valence-corrected chi connectivity index (χ4v) is 11.2. The summed E-state index contributed by atoms with van der Waals surface area (Å²) in [5, 5.41) is 31.7. The molecular formula is C73H132O12. The second-order valence-corrected chi connectivity index (χ2v) is 24.9. The average Bonchev–Trinajstić information content (AvgIpc) is 3.51. The van der Waals surface area contributed by atoms with Gasteiger partial charge in [-0.05, 0) is 77.0 Å². The normalized spacial score (nSPS) is 17.6. The van der Waals surface area contributed by atoms with Crippen LogP contribution < -0.4 is 0 Å². The summed E-state index contributed by atoms with van der Waals surface area (Å²) in [4.78, 5) is 51.5. The predicted octanol–water partition coefficient (Wildman–Crippen LogP) is 19.9. The van der Waals surface area contributed by atoms with Crippen LogP contribution in [0, 0.1) is 0 Å². The maximum atomic E-state index is 13.2. The highest BCUT2D eigenvalue weighted by Gasteiger charge is 2.50. The number of carbonyl (C=O) groups excluding carboxylic acids is 3. The van der Waals surface area contributed by atoms with Gasteiger partial charge in [0.25, 0.3) is 0 Å². The minimum Gasteiger partial charge on any atom is -0.479 e. The minimum atomic E-state index is -1.90. The van der Waals surface area contributed by atoms with Gasteiger partial charge in [0.2, 0.25) is 0 Å². The van der Waals surface area contributed by atoms with Crippen LogP contribution in [0.25, 0.3) is 0 Å². The highest BCUT2D eigenvalue weighted by Crippen LogP contribution is 2.27. The molecule has 496 valence electrons. The average molecular weight is 1200 g/mol. The topological polar surface area (TPSA) is 175 Å². The Balaban J connectivity index is 2.61. The summed E-state index contributed by atoms with van der Waals surface area (Å²) in [7, 11) is 0. The molecule has 1 aliphatic heterocycles. The fraction of sp³-hybridized carbons (Fsp3) is 0.863. The molecule has 6 unspecified atom stereocenters. The molecule has 12 heteroatoms. The molecule has 0 aromatic carbocycles. The molecule has 85 heavy (non-hydrogen) atoms. The molecule has 0 aromatic heterocycles. The third kappa shape index (κ3) is 50.5. The number of aliphatic carboxylic acids is 1. The van der Waals surface area contributed by atoms with Crippen LogP contribution in [0.3, 0.4) is 0 Å². The van der Waals surface area contributed by atoms with Crippen LogP contribution in [0.2, 0.25) is 0 Å². The first-order chi connectivity index (χ1) is 41.6. The number of esters is 3. The number of ether oxygens (including phenoxy) is 5. The van der Waals surface area contributed by atoms with E-state index in [9.17, 15) is 34.5 Å². The summed E-state index contributed by atoms with van der Waals surface area (Å²) in [6, 6.07) is 0. The van der Waals surface area contributed by atoms with Crippen LogP contribution >= 0.6 is 0 Å². The Kier molecular flexibility index (Phi) is 57.6. The molecule has 6 atom stereocenters. The summed E-state index contributed by atoms with van der Waals surface area (Å²) in [6.07, 6.45) is 62.4.